The first-order chi connectivity index (χ1) is 13.3. The van der Waals surface area contributed by atoms with E-state index in [1.165, 1.54) is 0 Å². The average molecular weight is 358 g/mol. The van der Waals surface area contributed by atoms with E-state index in [9.17, 15) is 4.79 Å². The Kier molecular flexibility index (Phi) is 5.10. The van der Waals surface area contributed by atoms with E-state index in [0.29, 0.717) is 13.1 Å². The molecule has 0 unspecified atom stereocenters. The smallest absolute Gasteiger partial charge is 0.234 e. The number of rotatable bonds is 4. The summed E-state index contributed by atoms with van der Waals surface area (Å²) in [4.78, 5) is 17.6. The van der Waals surface area contributed by atoms with E-state index in [1.54, 1.807) is 6.20 Å². The first-order valence-electron chi connectivity index (χ1n) is 9.24. The predicted octanol–water partition coefficient (Wildman–Crippen LogP) is 2.96. The predicted molar refractivity (Wildman–Crippen MR) is 106 cm³/mol. The van der Waals surface area contributed by atoms with Gasteiger partial charge in [0.05, 0.1) is 5.92 Å². The van der Waals surface area contributed by atoms with Crippen LogP contribution in [0.1, 0.15) is 17.0 Å². The van der Waals surface area contributed by atoms with Crippen LogP contribution >= 0.6 is 0 Å². The zero-order valence-corrected chi connectivity index (χ0v) is 15.1. The third-order valence-electron chi connectivity index (χ3n) is 4.99. The van der Waals surface area contributed by atoms with Crippen LogP contribution in [0.4, 0.5) is 5.82 Å². The number of aromatic nitrogens is 2. The highest BCUT2D eigenvalue weighted by Crippen LogP contribution is 2.27. The summed E-state index contributed by atoms with van der Waals surface area (Å²) in [5.41, 5.74) is 2.06. The van der Waals surface area contributed by atoms with Gasteiger partial charge in [-0.3, -0.25) is 4.79 Å². The van der Waals surface area contributed by atoms with Crippen LogP contribution in [0.5, 0.6) is 0 Å². The lowest BCUT2D eigenvalue weighted by atomic mass is 9.90. The van der Waals surface area contributed by atoms with E-state index in [4.69, 9.17) is 0 Å². The molecule has 0 N–H and O–H groups in total. The fourth-order valence-electron chi connectivity index (χ4n) is 3.57. The minimum atomic E-state index is -0.268. The molecule has 1 fully saturated rings. The van der Waals surface area contributed by atoms with Crippen molar-refractivity contribution in [3.05, 3.63) is 90.1 Å². The maximum absolute atomic E-state index is 13.4. The Morgan fingerprint density at radius 3 is 1.89 bits per heavy atom. The molecule has 1 amide bonds. The molecule has 136 valence electrons. The average Bonchev–Trinajstić information content (AvgIpc) is 2.76. The van der Waals surface area contributed by atoms with Gasteiger partial charge in [-0.25, -0.2) is 0 Å². The van der Waals surface area contributed by atoms with Crippen molar-refractivity contribution in [3.63, 3.8) is 0 Å². The summed E-state index contributed by atoms with van der Waals surface area (Å²) in [6.45, 7) is 2.90. The van der Waals surface area contributed by atoms with E-state index >= 15 is 0 Å². The van der Waals surface area contributed by atoms with E-state index in [2.05, 4.69) is 15.1 Å². The van der Waals surface area contributed by atoms with Gasteiger partial charge in [-0.2, -0.15) is 5.10 Å². The first-order valence-corrected chi connectivity index (χ1v) is 9.24. The molecule has 2 aromatic carbocycles. The Bertz CT molecular complexity index is 823. The number of anilines is 1. The molecule has 0 aliphatic carbocycles. The maximum atomic E-state index is 13.4. The molecule has 1 saturated heterocycles. The van der Waals surface area contributed by atoms with Gasteiger partial charge in [0.1, 0.15) is 0 Å². The molecule has 3 aromatic rings. The van der Waals surface area contributed by atoms with Crippen molar-refractivity contribution in [2.24, 2.45) is 0 Å². The maximum Gasteiger partial charge on any atom is 0.234 e. The minimum Gasteiger partial charge on any atom is -0.352 e. The summed E-state index contributed by atoms with van der Waals surface area (Å²) in [6.07, 6.45) is 1.67. The third-order valence-corrected chi connectivity index (χ3v) is 4.99. The van der Waals surface area contributed by atoms with Crippen LogP contribution < -0.4 is 4.90 Å². The summed E-state index contributed by atoms with van der Waals surface area (Å²) in [7, 11) is 0. The molecule has 5 heteroatoms. The molecule has 2 heterocycles. The van der Waals surface area contributed by atoms with Gasteiger partial charge in [0.2, 0.25) is 5.91 Å². The van der Waals surface area contributed by atoms with Gasteiger partial charge in [0, 0.05) is 32.4 Å². The third kappa shape index (κ3) is 3.82. The lowest BCUT2D eigenvalue weighted by molar-refractivity contribution is -0.132. The number of carbonyl (C=O) groups excluding carboxylic acids is 1. The van der Waals surface area contributed by atoms with Gasteiger partial charge in [-0.1, -0.05) is 60.7 Å². The zero-order valence-electron chi connectivity index (χ0n) is 15.1. The highest BCUT2D eigenvalue weighted by molar-refractivity contribution is 5.87. The van der Waals surface area contributed by atoms with Crippen molar-refractivity contribution in [3.8, 4) is 0 Å². The molecule has 0 atom stereocenters. The van der Waals surface area contributed by atoms with Crippen LogP contribution in [-0.4, -0.2) is 47.2 Å². The molecule has 5 nitrogen and oxygen atoms in total. The summed E-state index contributed by atoms with van der Waals surface area (Å²) in [5.74, 6) is 0.758. The molecule has 0 bridgehead atoms. The molecule has 27 heavy (non-hydrogen) atoms. The number of hydrogen-bond acceptors (Lipinski definition) is 4. The number of hydrogen-bond donors (Lipinski definition) is 0. The summed E-state index contributed by atoms with van der Waals surface area (Å²) in [5, 5.41) is 8.12. The highest BCUT2D eigenvalue weighted by Gasteiger charge is 2.30. The van der Waals surface area contributed by atoms with Gasteiger partial charge in [-0.15, -0.1) is 5.10 Å². The van der Waals surface area contributed by atoms with Crippen molar-refractivity contribution in [2.75, 3.05) is 31.1 Å². The van der Waals surface area contributed by atoms with Crippen molar-refractivity contribution in [1.82, 2.24) is 15.1 Å². The van der Waals surface area contributed by atoms with Crippen molar-refractivity contribution in [1.29, 1.82) is 0 Å². The van der Waals surface area contributed by atoms with Gasteiger partial charge >= 0.3 is 0 Å². The topological polar surface area (TPSA) is 49.3 Å². The monoisotopic (exact) mass is 358 g/mol. The standard InChI is InChI=1S/C22H22N4O/c27-22(26-16-14-25(15-17-26)20-12-7-13-23-24-20)21(18-8-3-1-4-9-18)19-10-5-2-6-11-19/h1-13,21H,14-17H2. The fraction of sp³-hybridized carbons (Fsp3) is 0.227. The van der Waals surface area contributed by atoms with Crippen molar-refractivity contribution < 1.29 is 4.79 Å². The zero-order chi connectivity index (χ0) is 18.5. The molecule has 0 saturated carbocycles. The van der Waals surface area contributed by atoms with E-state index in [0.717, 1.165) is 30.0 Å². The number of nitrogens with zero attached hydrogens (tertiary/aromatic N) is 4. The van der Waals surface area contributed by atoms with Crippen LogP contribution in [0.15, 0.2) is 79.0 Å². The van der Waals surface area contributed by atoms with Crippen molar-refractivity contribution >= 4 is 11.7 Å². The Hall–Kier alpha value is -3.21. The number of benzene rings is 2. The quantitative estimate of drug-likeness (QED) is 0.719. The van der Waals surface area contributed by atoms with E-state index in [1.807, 2.05) is 77.7 Å². The Morgan fingerprint density at radius 2 is 1.37 bits per heavy atom. The van der Waals surface area contributed by atoms with Crippen LogP contribution in [0.25, 0.3) is 0 Å². The van der Waals surface area contributed by atoms with Gasteiger partial charge < -0.3 is 9.80 Å². The SMILES string of the molecule is O=C(C(c1ccccc1)c1ccccc1)N1CCN(c2cccnn2)CC1. The van der Waals surface area contributed by atoms with E-state index < -0.39 is 0 Å². The molecular weight excluding hydrogens is 336 g/mol. The molecule has 0 spiro atoms. The second kappa shape index (κ2) is 7.99. The lowest BCUT2D eigenvalue weighted by Gasteiger charge is -2.37. The molecule has 1 aromatic heterocycles. The Morgan fingerprint density at radius 1 is 0.778 bits per heavy atom. The lowest BCUT2D eigenvalue weighted by Crippen LogP contribution is -2.50. The molecule has 4 rings (SSSR count). The van der Waals surface area contributed by atoms with E-state index in [-0.39, 0.29) is 11.8 Å². The minimum absolute atomic E-state index is 0.159. The van der Waals surface area contributed by atoms with Crippen LogP contribution in [0.2, 0.25) is 0 Å². The summed E-state index contributed by atoms with van der Waals surface area (Å²) in [6, 6.07) is 23.9. The van der Waals surface area contributed by atoms with Gasteiger partial charge in [0.15, 0.2) is 5.82 Å². The summed E-state index contributed by atoms with van der Waals surface area (Å²) >= 11 is 0. The molecule has 0 radical (unpaired) electrons. The normalized spacial score (nSPS) is 14.4. The second-order valence-corrected chi connectivity index (χ2v) is 6.65. The summed E-state index contributed by atoms with van der Waals surface area (Å²) < 4.78 is 0. The van der Waals surface area contributed by atoms with Crippen LogP contribution in [-0.2, 0) is 4.79 Å². The number of amides is 1. The first kappa shape index (κ1) is 17.2. The highest BCUT2D eigenvalue weighted by atomic mass is 16.2. The molecular formula is C22H22N4O. The van der Waals surface area contributed by atoms with Gasteiger partial charge in [0.25, 0.3) is 0 Å². The second-order valence-electron chi connectivity index (χ2n) is 6.65. The fourth-order valence-corrected chi connectivity index (χ4v) is 3.57. The van der Waals surface area contributed by atoms with Crippen LogP contribution in [0, 0.1) is 0 Å². The number of piperazine rings is 1. The largest absolute Gasteiger partial charge is 0.352 e. The molecule has 1 aliphatic rings. The Labute approximate surface area is 159 Å². The van der Waals surface area contributed by atoms with Crippen molar-refractivity contribution in [2.45, 2.75) is 5.92 Å². The van der Waals surface area contributed by atoms with Crippen LogP contribution in [0.3, 0.4) is 0 Å². The Balaban J connectivity index is 1.53. The number of carbonyl (C=O) groups is 1. The van der Waals surface area contributed by atoms with Gasteiger partial charge in [-0.05, 0) is 23.3 Å². The molecule has 1 aliphatic heterocycles.